The van der Waals surface area contributed by atoms with Crippen molar-refractivity contribution in [2.24, 2.45) is 0 Å². The lowest BCUT2D eigenvalue weighted by Gasteiger charge is -2.38. The van der Waals surface area contributed by atoms with Gasteiger partial charge in [0.05, 0.1) is 5.60 Å². The molecule has 2 saturated heterocycles. The Morgan fingerprint density at radius 2 is 2.20 bits per heavy atom. The van der Waals surface area contributed by atoms with Crippen molar-refractivity contribution in [3.63, 3.8) is 0 Å². The van der Waals surface area contributed by atoms with Crippen molar-refractivity contribution in [1.29, 1.82) is 0 Å². The molecule has 1 saturated carbocycles. The van der Waals surface area contributed by atoms with Crippen molar-refractivity contribution in [3.05, 3.63) is 0 Å². The summed E-state index contributed by atoms with van der Waals surface area (Å²) in [5, 5.41) is 6.67. The third-order valence-corrected chi connectivity index (χ3v) is 5.74. The third kappa shape index (κ3) is 4.12. The first-order chi connectivity index (χ1) is 9.76. The standard InChI is InChI=1S/C15H26N2O2S/c18-14(17-12-3-4-12)2-1-7-16-13-5-8-19-15(10-13)6-9-20-11-15/h12-13,16H,1-11H2,(H,17,18). The molecule has 0 bridgehead atoms. The molecule has 5 heteroatoms. The van der Waals surface area contributed by atoms with E-state index in [1.54, 1.807) is 0 Å². The van der Waals surface area contributed by atoms with Crippen molar-refractivity contribution in [2.75, 3.05) is 24.7 Å². The van der Waals surface area contributed by atoms with Gasteiger partial charge in [-0.15, -0.1) is 0 Å². The molecule has 0 aromatic heterocycles. The molecule has 2 heterocycles. The molecule has 2 aliphatic heterocycles. The van der Waals surface area contributed by atoms with Gasteiger partial charge in [-0.1, -0.05) is 0 Å². The molecule has 1 aliphatic carbocycles. The van der Waals surface area contributed by atoms with Crippen LogP contribution >= 0.6 is 11.8 Å². The highest BCUT2D eigenvalue weighted by Gasteiger charge is 2.40. The minimum atomic E-state index is 0.157. The number of carbonyl (C=O) groups excluding carboxylic acids is 1. The Morgan fingerprint density at radius 3 is 2.95 bits per heavy atom. The summed E-state index contributed by atoms with van der Waals surface area (Å²) in [6, 6.07) is 1.07. The fourth-order valence-corrected chi connectivity index (χ4v) is 4.53. The SMILES string of the molecule is O=C(CCCNC1CCOC2(CCSC2)C1)NC1CC1. The van der Waals surface area contributed by atoms with E-state index in [4.69, 9.17) is 4.74 Å². The molecule has 0 aromatic carbocycles. The maximum atomic E-state index is 11.6. The van der Waals surface area contributed by atoms with Gasteiger partial charge in [0, 0.05) is 30.9 Å². The molecule has 20 heavy (non-hydrogen) atoms. The lowest BCUT2D eigenvalue weighted by atomic mass is 9.90. The predicted molar refractivity (Wildman–Crippen MR) is 82.0 cm³/mol. The Labute approximate surface area is 125 Å². The van der Waals surface area contributed by atoms with Crippen LogP contribution < -0.4 is 10.6 Å². The van der Waals surface area contributed by atoms with Gasteiger partial charge in [0.2, 0.25) is 5.91 Å². The largest absolute Gasteiger partial charge is 0.374 e. The molecular formula is C15H26N2O2S. The molecule has 0 radical (unpaired) electrons. The Morgan fingerprint density at radius 1 is 1.30 bits per heavy atom. The Hall–Kier alpha value is -0.260. The van der Waals surface area contributed by atoms with Gasteiger partial charge in [-0.05, 0) is 50.8 Å². The fraction of sp³-hybridized carbons (Fsp3) is 0.933. The summed E-state index contributed by atoms with van der Waals surface area (Å²) in [6.45, 7) is 1.84. The van der Waals surface area contributed by atoms with E-state index in [0.717, 1.165) is 38.2 Å². The van der Waals surface area contributed by atoms with Crippen molar-refractivity contribution in [1.82, 2.24) is 10.6 Å². The second kappa shape index (κ2) is 6.67. The lowest BCUT2D eigenvalue weighted by Crippen LogP contribution is -2.47. The van der Waals surface area contributed by atoms with E-state index in [-0.39, 0.29) is 11.5 Å². The number of ether oxygens (including phenoxy) is 1. The van der Waals surface area contributed by atoms with E-state index < -0.39 is 0 Å². The van der Waals surface area contributed by atoms with Crippen molar-refractivity contribution in [2.45, 2.75) is 62.6 Å². The van der Waals surface area contributed by atoms with E-state index in [1.165, 1.54) is 25.0 Å². The molecule has 3 rings (SSSR count). The Balaban J connectivity index is 1.30. The summed E-state index contributed by atoms with van der Waals surface area (Å²) >= 11 is 2.02. The number of hydrogen-bond acceptors (Lipinski definition) is 4. The number of carbonyl (C=O) groups is 1. The summed E-state index contributed by atoms with van der Waals surface area (Å²) in [5.41, 5.74) is 0.157. The topological polar surface area (TPSA) is 50.4 Å². The van der Waals surface area contributed by atoms with Crippen LogP contribution in [-0.4, -0.2) is 48.2 Å². The van der Waals surface area contributed by atoms with Gasteiger partial charge in [0.15, 0.2) is 0 Å². The summed E-state index contributed by atoms with van der Waals surface area (Å²) < 4.78 is 6.03. The molecule has 3 fully saturated rings. The van der Waals surface area contributed by atoms with E-state index in [2.05, 4.69) is 10.6 Å². The van der Waals surface area contributed by atoms with Crippen LogP contribution in [0.5, 0.6) is 0 Å². The molecule has 1 amide bonds. The van der Waals surface area contributed by atoms with Crippen molar-refractivity contribution < 1.29 is 9.53 Å². The average Bonchev–Trinajstić information content (AvgIpc) is 3.15. The molecule has 3 aliphatic rings. The van der Waals surface area contributed by atoms with Gasteiger partial charge in [-0.2, -0.15) is 11.8 Å². The van der Waals surface area contributed by atoms with E-state index in [1.807, 2.05) is 11.8 Å². The minimum Gasteiger partial charge on any atom is -0.374 e. The number of amides is 1. The first kappa shape index (κ1) is 14.7. The van der Waals surface area contributed by atoms with Crippen molar-refractivity contribution in [3.8, 4) is 0 Å². The maximum Gasteiger partial charge on any atom is 0.220 e. The summed E-state index contributed by atoms with van der Waals surface area (Å²) in [6.07, 6.45) is 7.41. The normalized spacial score (nSPS) is 33.5. The number of thioether (sulfide) groups is 1. The fourth-order valence-electron chi connectivity index (χ4n) is 3.15. The molecule has 0 aromatic rings. The quantitative estimate of drug-likeness (QED) is 0.733. The Bertz CT molecular complexity index is 341. The summed E-state index contributed by atoms with van der Waals surface area (Å²) in [5.74, 6) is 2.63. The highest BCUT2D eigenvalue weighted by atomic mass is 32.2. The number of hydrogen-bond donors (Lipinski definition) is 2. The second-order valence-electron chi connectivity index (χ2n) is 6.42. The van der Waals surface area contributed by atoms with Gasteiger partial charge < -0.3 is 15.4 Å². The van der Waals surface area contributed by atoms with E-state index in [0.29, 0.717) is 18.5 Å². The van der Waals surface area contributed by atoms with Gasteiger partial charge in [-0.3, -0.25) is 4.79 Å². The van der Waals surface area contributed by atoms with E-state index in [9.17, 15) is 4.79 Å². The van der Waals surface area contributed by atoms with Gasteiger partial charge in [-0.25, -0.2) is 0 Å². The number of rotatable bonds is 6. The second-order valence-corrected chi connectivity index (χ2v) is 7.53. The molecule has 2 atom stereocenters. The first-order valence-electron chi connectivity index (χ1n) is 8.00. The first-order valence-corrected chi connectivity index (χ1v) is 9.16. The van der Waals surface area contributed by atoms with Crippen LogP contribution in [0.4, 0.5) is 0 Å². The zero-order chi connectivity index (χ0) is 13.8. The molecule has 4 nitrogen and oxygen atoms in total. The molecule has 1 spiro atoms. The van der Waals surface area contributed by atoms with Crippen LogP contribution in [0.1, 0.15) is 44.9 Å². The van der Waals surface area contributed by atoms with Gasteiger partial charge in [0.25, 0.3) is 0 Å². The minimum absolute atomic E-state index is 0.157. The maximum absolute atomic E-state index is 11.6. The third-order valence-electron chi connectivity index (χ3n) is 4.52. The van der Waals surface area contributed by atoms with E-state index >= 15 is 0 Å². The molecular weight excluding hydrogens is 272 g/mol. The van der Waals surface area contributed by atoms with Crippen LogP contribution in [0.3, 0.4) is 0 Å². The molecule has 2 N–H and O–H groups in total. The predicted octanol–water partition coefficient (Wildman–Crippen LogP) is 1.69. The molecule has 2 unspecified atom stereocenters. The Kier molecular flexibility index (Phi) is 4.89. The summed E-state index contributed by atoms with van der Waals surface area (Å²) in [7, 11) is 0. The summed E-state index contributed by atoms with van der Waals surface area (Å²) in [4.78, 5) is 11.6. The zero-order valence-corrected chi connectivity index (χ0v) is 13.0. The smallest absolute Gasteiger partial charge is 0.220 e. The van der Waals surface area contributed by atoms with Gasteiger partial charge in [0.1, 0.15) is 0 Å². The van der Waals surface area contributed by atoms with Crippen LogP contribution in [0.2, 0.25) is 0 Å². The number of nitrogens with one attached hydrogen (secondary N) is 2. The van der Waals surface area contributed by atoms with Crippen molar-refractivity contribution >= 4 is 17.7 Å². The average molecular weight is 298 g/mol. The van der Waals surface area contributed by atoms with Crippen LogP contribution in [-0.2, 0) is 9.53 Å². The zero-order valence-electron chi connectivity index (χ0n) is 12.2. The highest BCUT2D eigenvalue weighted by Crippen LogP contribution is 2.38. The lowest BCUT2D eigenvalue weighted by molar-refractivity contribution is -0.121. The van der Waals surface area contributed by atoms with Crippen LogP contribution in [0.25, 0.3) is 0 Å². The monoisotopic (exact) mass is 298 g/mol. The highest BCUT2D eigenvalue weighted by molar-refractivity contribution is 7.99. The molecule has 114 valence electrons. The van der Waals surface area contributed by atoms with Crippen LogP contribution in [0.15, 0.2) is 0 Å². The van der Waals surface area contributed by atoms with Crippen LogP contribution in [0, 0.1) is 0 Å². The van der Waals surface area contributed by atoms with Gasteiger partial charge >= 0.3 is 0 Å².